The Labute approximate surface area is 175 Å². The Morgan fingerprint density at radius 1 is 1.07 bits per heavy atom. The number of carbonyl (C=O) groups excluding carboxylic acids is 1. The topological polar surface area (TPSA) is 108 Å². The molecule has 5 N–H and O–H groups in total. The van der Waals surface area contributed by atoms with Crippen LogP contribution in [0.15, 0.2) is 60.8 Å². The third kappa shape index (κ3) is 4.84. The summed E-state index contributed by atoms with van der Waals surface area (Å²) in [5.41, 5.74) is 8.88. The summed E-state index contributed by atoms with van der Waals surface area (Å²) >= 11 is 0. The van der Waals surface area contributed by atoms with E-state index >= 15 is 0 Å². The number of amides is 1. The molecule has 4 rings (SSSR count). The molecule has 2 heterocycles. The molecule has 0 bridgehead atoms. The number of piperazine rings is 1. The molecule has 0 atom stereocenters. The molecule has 1 amide bonds. The van der Waals surface area contributed by atoms with Gasteiger partial charge in [-0.25, -0.2) is 4.98 Å². The van der Waals surface area contributed by atoms with Crippen LogP contribution in [-0.2, 0) is 6.54 Å². The van der Waals surface area contributed by atoms with Crippen LogP contribution in [0.25, 0.3) is 0 Å². The fourth-order valence-electron chi connectivity index (χ4n) is 3.35. The minimum atomic E-state index is -0.572. The van der Waals surface area contributed by atoms with E-state index in [4.69, 9.17) is 5.73 Å². The first-order valence-corrected chi connectivity index (χ1v) is 9.96. The normalized spacial score (nSPS) is 13.7. The Balaban J connectivity index is 1.47. The Kier molecular flexibility index (Phi) is 6.05. The standard InChI is InChI=1S/C22H25N7O/c23-20(30)19-15-26-22(28-21(19)25-14-16-4-2-1-3-5-16)27-17-6-8-18(9-7-17)29-12-10-24-11-13-29/h1-9,15,24H,10-14H2,(H2,23,30)(H2,25,26,27,28). The number of anilines is 4. The van der Waals surface area contributed by atoms with Gasteiger partial charge < -0.3 is 26.6 Å². The van der Waals surface area contributed by atoms with Crippen molar-refractivity contribution >= 4 is 29.0 Å². The van der Waals surface area contributed by atoms with Gasteiger partial charge >= 0.3 is 0 Å². The minimum Gasteiger partial charge on any atom is -0.369 e. The molecule has 1 saturated heterocycles. The number of hydrogen-bond acceptors (Lipinski definition) is 7. The summed E-state index contributed by atoms with van der Waals surface area (Å²) in [6.07, 6.45) is 1.44. The van der Waals surface area contributed by atoms with Crippen molar-refractivity contribution in [1.82, 2.24) is 15.3 Å². The van der Waals surface area contributed by atoms with E-state index in [9.17, 15) is 4.79 Å². The Bertz CT molecular complexity index is 986. The maximum Gasteiger partial charge on any atom is 0.254 e. The molecule has 1 aromatic heterocycles. The lowest BCUT2D eigenvalue weighted by Crippen LogP contribution is -2.43. The fraction of sp³-hybridized carbons (Fsp3) is 0.227. The molecular weight excluding hydrogens is 378 g/mol. The van der Waals surface area contributed by atoms with Gasteiger partial charge in [-0.2, -0.15) is 4.98 Å². The van der Waals surface area contributed by atoms with Gasteiger partial charge in [-0.1, -0.05) is 30.3 Å². The number of carbonyl (C=O) groups is 1. The van der Waals surface area contributed by atoms with Crippen LogP contribution < -0.4 is 26.6 Å². The first kappa shape index (κ1) is 19.7. The predicted octanol–water partition coefficient (Wildman–Crippen LogP) is 2.34. The lowest BCUT2D eigenvalue weighted by atomic mass is 10.2. The summed E-state index contributed by atoms with van der Waals surface area (Å²) in [7, 11) is 0. The molecule has 0 spiro atoms. The van der Waals surface area contributed by atoms with Crippen LogP contribution in [0.5, 0.6) is 0 Å². The summed E-state index contributed by atoms with van der Waals surface area (Å²) in [4.78, 5) is 22.8. The van der Waals surface area contributed by atoms with Crippen molar-refractivity contribution in [3.05, 3.63) is 71.9 Å². The fourth-order valence-corrected chi connectivity index (χ4v) is 3.35. The number of rotatable bonds is 7. The number of benzene rings is 2. The van der Waals surface area contributed by atoms with E-state index in [-0.39, 0.29) is 5.56 Å². The Morgan fingerprint density at radius 2 is 1.80 bits per heavy atom. The maximum atomic E-state index is 11.8. The summed E-state index contributed by atoms with van der Waals surface area (Å²) in [6.45, 7) is 4.52. The van der Waals surface area contributed by atoms with Gasteiger partial charge in [0.05, 0.1) is 5.56 Å². The lowest BCUT2D eigenvalue weighted by molar-refractivity contribution is 0.100. The third-order valence-electron chi connectivity index (χ3n) is 4.96. The first-order valence-electron chi connectivity index (χ1n) is 9.96. The Morgan fingerprint density at radius 3 is 2.50 bits per heavy atom. The van der Waals surface area contributed by atoms with E-state index < -0.39 is 5.91 Å². The van der Waals surface area contributed by atoms with Gasteiger partial charge in [-0.05, 0) is 29.8 Å². The van der Waals surface area contributed by atoms with E-state index in [1.807, 2.05) is 42.5 Å². The van der Waals surface area contributed by atoms with Gasteiger partial charge in [-0.15, -0.1) is 0 Å². The van der Waals surface area contributed by atoms with Crippen molar-refractivity contribution in [2.24, 2.45) is 5.73 Å². The van der Waals surface area contributed by atoms with Crippen LogP contribution in [0.2, 0.25) is 0 Å². The van der Waals surface area contributed by atoms with Gasteiger partial charge in [-0.3, -0.25) is 4.79 Å². The highest BCUT2D eigenvalue weighted by atomic mass is 16.1. The highest BCUT2D eigenvalue weighted by Crippen LogP contribution is 2.22. The Hall–Kier alpha value is -3.65. The second kappa shape index (κ2) is 9.23. The van der Waals surface area contributed by atoms with Gasteiger partial charge in [0.2, 0.25) is 5.95 Å². The first-order chi connectivity index (χ1) is 14.7. The summed E-state index contributed by atoms with van der Waals surface area (Å²) in [5.74, 6) is 0.226. The number of nitrogens with one attached hydrogen (secondary N) is 3. The SMILES string of the molecule is NC(=O)c1cnc(Nc2ccc(N3CCNCC3)cc2)nc1NCc1ccccc1. The van der Waals surface area contributed by atoms with Gasteiger partial charge in [0.1, 0.15) is 5.82 Å². The highest BCUT2D eigenvalue weighted by Gasteiger charge is 2.13. The molecule has 0 saturated carbocycles. The lowest BCUT2D eigenvalue weighted by Gasteiger charge is -2.29. The number of primary amides is 1. The molecule has 1 fully saturated rings. The van der Waals surface area contributed by atoms with Crippen LogP contribution in [0, 0.1) is 0 Å². The van der Waals surface area contributed by atoms with Crippen LogP contribution >= 0.6 is 0 Å². The van der Waals surface area contributed by atoms with Crippen molar-refractivity contribution < 1.29 is 4.79 Å². The van der Waals surface area contributed by atoms with Crippen molar-refractivity contribution in [2.45, 2.75) is 6.54 Å². The summed E-state index contributed by atoms with van der Waals surface area (Å²) < 4.78 is 0. The molecule has 0 unspecified atom stereocenters. The van der Waals surface area contributed by atoms with Crippen LogP contribution in [0.4, 0.5) is 23.1 Å². The van der Waals surface area contributed by atoms with Crippen molar-refractivity contribution in [1.29, 1.82) is 0 Å². The van der Waals surface area contributed by atoms with E-state index in [1.165, 1.54) is 11.9 Å². The van der Waals surface area contributed by atoms with Crippen LogP contribution in [-0.4, -0.2) is 42.1 Å². The number of nitrogens with two attached hydrogens (primary N) is 1. The summed E-state index contributed by atoms with van der Waals surface area (Å²) in [6, 6.07) is 18.0. The molecule has 154 valence electrons. The second-order valence-corrected chi connectivity index (χ2v) is 7.07. The maximum absolute atomic E-state index is 11.8. The van der Waals surface area contributed by atoms with Gasteiger partial charge in [0, 0.05) is 50.3 Å². The van der Waals surface area contributed by atoms with Crippen molar-refractivity contribution in [3.63, 3.8) is 0 Å². The number of hydrogen-bond donors (Lipinski definition) is 4. The molecule has 8 nitrogen and oxygen atoms in total. The van der Waals surface area contributed by atoms with Gasteiger partial charge in [0.25, 0.3) is 5.91 Å². The number of nitrogens with zero attached hydrogens (tertiary/aromatic N) is 3. The average molecular weight is 403 g/mol. The van der Waals surface area contributed by atoms with E-state index in [0.29, 0.717) is 18.3 Å². The zero-order chi connectivity index (χ0) is 20.8. The molecule has 1 aliphatic rings. The average Bonchev–Trinajstić information content (AvgIpc) is 2.79. The monoisotopic (exact) mass is 403 g/mol. The smallest absolute Gasteiger partial charge is 0.254 e. The second-order valence-electron chi connectivity index (χ2n) is 7.07. The molecule has 0 aliphatic carbocycles. The zero-order valence-corrected chi connectivity index (χ0v) is 16.6. The van der Waals surface area contributed by atoms with Gasteiger partial charge in [0.15, 0.2) is 0 Å². The van der Waals surface area contributed by atoms with Crippen LogP contribution in [0.1, 0.15) is 15.9 Å². The molecule has 8 heteroatoms. The van der Waals surface area contributed by atoms with Crippen molar-refractivity contribution in [3.8, 4) is 0 Å². The minimum absolute atomic E-state index is 0.255. The molecule has 3 aromatic rings. The molecule has 0 radical (unpaired) electrons. The molecular formula is C22H25N7O. The molecule has 30 heavy (non-hydrogen) atoms. The zero-order valence-electron chi connectivity index (χ0n) is 16.6. The molecule has 2 aromatic carbocycles. The quantitative estimate of drug-likeness (QED) is 0.479. The van der Waals surface area contributed by atoms with E-state index in [0.717, 1.165) is 37.4 Å². The van der Waals surface area contributed by atoms with Crippen molar-refractivity contribution in [2.75, 3.05) is 41.7 Å². The molecule has 1 aliphatic heterocycles. The predicted molar refractivity (Wildman–Crippen MR) is 119 cm³/mol. The number of aromatic nitrogens is 2. The van der Waals surface area contributed by atoms with E-state index in [1.54, 1.807) is 0 Å². The highest BCUT2D eigenvalue weighted by molar-refractivity contribution is 5.97. The van der Waals surface area contributed by atoms with Crippen LogP contribution in [0.3, 0.4) is 0 Å². The van der Waals surface area contributed by atoms with E-state index in [2.05, 4.69) is 43.0 Å². The largest absolute Gasteiger partial charge is 0.369 e. The third-order valence-corrected chi connectivity index (χ3v) is 4.96. The summed E-state index contributed by atoms with van der Waals surface area (Å²) in [5, 5.41) is 9.74.